The lowest BCUT2D eigenvalue weighted by atomic mass is 9.84. The largest absolute Gasteiger partial charge is 0.446 e. The van der Waals surface area contributed by atoms with Crippen LogP contribution in [0.25, 0.3) is 0 Å². The molecule has 5 heteroatoms. The molecule has 1 aliphatic rings. The van der Waals surface area contributed by atoms with Crippen LogP contribution in [-0.2, 0) is 11.3 Å². The van der Waals surface area contributed by atoms with Crippen LogP contribution in [0.3, 0.4) is 0 Å². The van der Waals surface area contributed by atoms with Crippen LogP contribution < -0.4 is 5.73 Å². The highest BCUT2D eigenvalue weighted by atomic mass is 16.6. The van der Waals surface area contributed by atoms with Gasteiger partial charge in [0.25, 0.3) is 0 Å². The molecule has 1 aliphatic heterocycles. The summed E-state index contributed by atoms with van der Waals surface area (Å²) in [6, 6.07) is 10.9. The van der Waals surface area contributed by atoms with Gasteiger partial charge in [-0.25, -0.2) is 4.79 Å². The molecule has 2 atom stereocenters. The molecule has 0 aromatic heterocycles. The van der Waals surface area contributed by atoms with Gasteiger partial charge in [0.2, 0.25) is 0 Å². The molecular formula is C19H31N3O2. The second-order valence-electron chi connectivity index (χ2n) is 7.88. The molecule has 0 saturated carbocycles. The fourth-order valence-electron chi connectivity index (χ4n) is 3.22. The van der Waals surface area contributed by atoms with Crippen LogP contribution in [0.15, 0.2) is 30.3 Å². The standard InChI is InChI=1S/C19H31N3O2/c1-19(2,3)17(24-18(20)23)12-16-14-22(11-10-21(16)4)13-15-8-6-5-7-9-15/h5-9,16-17H,10-14H2,1-4H3,(H2,20,23)/t16-,17?/m1/s1. The number of hydrogen-bond donors (Lipinski definition) is 1. The Labute approximate surface area is 145 Å². The average Bonchev–Trinajstić information content (AvgIpc) is 2.49. The van der Waals surface area contributed by atoms with Gasteiger partial charge in [-0.2, -0.15) is 0 Å². The number of rotatable bonds is 5. The van der Waals surface area contributed by atoms with Gasteiger partial charge in [0.15, 0.2) is 0 Å². The quantitative estimate of drug-likeness (QED) is 0.900. The van der Waals surface area contributed by atoms with Crippen molar-refractivity contribution in [2.75, 3.05) is 26.7 Å². The van der Waals surface area contributed by atoms with Crippen LogP contribution in [-0.4, -0.2) is 54.7 Å². The van der Waals surface area contributed by atoms with Gasteiger partial charge in [0.1, 0.15) is 6.10 Å². The lowest BCUT2D eigenvalue weighted by Gasteiger charge is -2.42. The molecule has 24 heavy (non-hydrogen) atoms. The monoisotopic (exact) mass is 333 g/mol. The minimum Gasteiger partial charge on any atom is -0.446 e. The van der Waals surface area contributed by atoms with E-state index in [0.717, 1.165) is 32.6 Å². The summed E-state index contributed by atoms with van der Waals surface area (Å²) in [5.41, 5.74) is 6.48. The Bertz CT molecular complexity index is 527. The number of nitrogens with zero attached hydrogens (tertiary/aromatic N) is 2. The van der Waals surface area contributed by atoms with Gasteiger partial charge in [0.05, 0.1) is 0 Å². The van der Waals surface area contributed by atoms with Gasteiger partial charge in [0, 0.05) is 38.6 Å². The summed E-state index contributed by atoms with van der Waals surface area (Å²) in [6.07, 6.45) is -0.0672. The van der Waals surface area contributed by atoms with Crippen LogP contribution in [0, 0.1) is 5.41 Å². The second kappa shape index (κ2) is 7.99. The first-order valence-electron chi connectivity index (χ1n) is 8.68. The van der Waals surface area contributed by atoms with Crippen LogP contribution in [0.1, 0.15) is 32.8 Å². The number of benzene rings is 1. The van der Waals surface area contributed by atoms with Crippen molar-refractivity contribution < 1.29 is 9.53 Å². The van der Waals surface area contributed by atoms with Crippen molar-refractivity contribution in [2.24, 2.45) is 11.1 Å². The van der Waals surface area contributed by atoms with E-state index in [4.69, 9.17) is 10.5 Å². The number of hydrogen-bond acceptors (Lipinski definition) is 4. The van der Waals surface area contributed by atoms with Crippen molar-refractivity contribution in [2.45, 2.75) is 45.9 Å². The third-order valence-electron chi connectivity index (χ3n) is 4.82. The lowest BCUT2D eigenvalue weighted by molar-refractivity contribution is -0.00451. The highest BCUT2D eigenvalue weighted by Gasteiger charge is 2.34. The fraction of sp³-hybridized carbons (Fsp3) is 0.632. The molecule has 1 amide bonds. The number of nitrogens with two attached hydrogens (primary N) is 1. The number of likely N-dealkylation sites (N-methyl/N-ethyl adjacent to an activating group) is 1. The summed E-state index contributed by atoms with van der Waals surface area (Å²) in [5.74, 6) is 0. The summed E-state index contributed by atoms with van der Waals surface area (Å²) in [6.45, 7) is 10.3. The van der Waals surface area contributed by atoms with Crippen molar-refractivity contribution >= 4 is 6.09 Å². The van der Waals surface area contributed by atoms with Crippen molar-refractivity contribution in [1.29, 1.82) is 0 Å². The molecule has 1 aromatic rings. The maximum atomic E-state index is 11.3. The van der Waals surface area contributed by atoms with Crippen molar-refractivity contribution in [3.05, 3.63) is 35.9 Å². The molecule has 134 valence electrons. The van der Waals surface area contributed by atoms with Crippen molar-refractivity contribution in [1.82, 2.24) is 9.80 Å². The van der Waals surface area contributed by atoms with Crippen LogP contribution in [0.2, 0.25) is 0 Å². The molecule has 0 bridgehead atoms. The molecule has 1 heterocycles. The topological polar surface area (TPSA) is 58.8 Å². The third-order valence-corrected chi connectivity index (χ3v) is 4.82. The summed E-state index contributed by atoms with van der Waals surface area (Å²) in [5, 5.41) is 0. The van der Waals surface area contributed by atoms with E-state index in [1.54, 1.807) is 0 Å². The maximum absolute atomic E-state index is 11.3. The molecule has 5 nitrogen and oxygen atoms in total. The molecule has 1 unspecified atom stereocenters. The molecule has 2 rings (SSSR count). The minimum atomic E-state index is -0.686. The van der Waals surface area contributed by atoms with E-state index in [9.17, 15) is 4.79 Å². The zero-order chi connectivity index (χ0) is 17.7. The molecule has 0 aliphatic carbocycles. The number of carbonyl (C=O) groups is 1. The van der Waals surface area contributed by atoms with Crippen LogP contribution >= 0.6 is 0 Å². The van der Waals surface area contributed by atoms with E-state index in [2.05, 4.69) is 61.9 Å². The number of primary amides is 1. The van der Waals surface area contributed by atoms with E-state index in [0.29, 0.717) is 6.04 Å². The summed E-state index contributed by atoms with van der Waals surface area (Å²) >= 11 is 0. The SMILES string of the molecule is CN1CCN(Cc2ccccc2)C[C@H]1CC(OC(N)=O)C(C)(C)C. The Balaban J connectivity index is 2.00. The first-order chi connectivity index (χ1) is 11.3. The first-order valence-corrected chi connectivity index (χ1v) is 8.68. The Kier molecular flexibility index (Phi) is 6.24. The Morgan fingerprint density at radius 1 is 1.29 bits per heavy atom. The van der Waals surface area contributed by atoms with Crippen LogP contribution in [0.5, 0.6) is 0 Å². The number of piperazine rings is 1. The predicted molar refractivity (Wildman–Crippen MR) is 96.7 cm³/mol. The van der Waals surface area contributed by atoms with Gasteiger partial charge in [-0.15, -0.1) is 0 Å². The average molecular weight is 333 g/mol. The summed E-state index contributed by atoms with van der Waals surface area (Å²) in [7, 11) is 2.15. The number of amides is 1. The maximum Gasteiger partial charge on any atom is 0.404 e. The minimum absolute atomic E-state index is 0.127. The zero-order valence-corrected chi connectivity index (χ0v) is 15.4. The van der Waals surface area contributed by atoms with Crippen molar-refractivity contribution in [3.63, 3.8) is 0 Å². The van der Waals surface area contributed by atoms with E-state index < -0.39 is 6.09 Å². The van der Waals surface area contributed by atoms with E-state index in [1.165, 1.54) is 5.56 Å². The molecule has 0 spiro atoms. The van der Waals surface area contributed by atoms with Crippen LogP contribution in [0.4, 0.5) is 4.79 Å². The molecule has 2 N–H and O–H groups in total. The Morgan fingerprint density at radius 2 is 1.96 bits per heavy atom. The second-order valence-corrected chi connectivity index (χ2v) is 7.88. The lowest BCUT2D eigenvalue weighted by Crippen LogP contribution is -2.53. The molecular weight excluding hydrogens is 302 g/mol. The smallest absolute Gasteiger partial charge is 0.404 e. The third kappa shape index (κ3) is 5.49. The van der Waals surface area contributed by atoms with E-state index in [-0.39, 0.29) is 11.5 Å². The normalized spacial score (nSPS) is 21.4. The molecule has 1 aromatic carbocycles. The Hall–Kier alpha value is -1.59. The van der Waals surface area contributed by atoms with Gasteiger partial charge in [-0.3, -0.25) is 4.90 Å². The van der Waals surface area contributed by atoms with Gasteiger partial charge in [-0.1, -0.05) is 51.1 Å². The molecule has 1 fully saturated rings. The number of ether oxygens (including phenoxy) is 1. The van der Waals surface area contributed by atoms with Gasteiger partial charge >= 0.3 is 6.09 Å². The summed E-state index contributed by atoms with van der Waals surface area (Å²) in [4.78, 5) is 16.1. The molecule has 1 saturated heterocycles. The molecule has 0 radical (unpaired) electrons. The summed E-state index contributed by atoms with van der Waals surface area (Å²) < 4.78 is 5.41. The fourth-order valence-corrected chi connectivity index (χ4v) is 3.22. The Morgan fingerprint density at radius 3 is 2.54 bits per heavy atom. The number of carbonyl (C=O) groups excluding carboxylic acids is 1. The van der Waals surface area contributed by atoms with Gasteiger partial charge < -0.3 is 15.4 Å². The zero-order valence-electron chi connectivity index (χ0n) is 15.4. The van der Waals surface area contributed by atoms with E-state index >= 15 is 0 Å². The van der Waals surface area contributed by atoms with E-state index in [1.807, 2.05) is 6.07 Å². The van der Waals surface area contributed by atoms with Crippen molar-refractivity contribution in [3.8, 4) is 0 Å². The highest BCUT2D eigenvalue weighted by molar-refractivity contribution is 5.64. The predicted octanol–water partition coefficient (Wildman–Crippen LogP) is 2.70. The highest BCUT2D eigenvalue weighted by Crippen LogP contribution is 2.28. The van der Waals surface area contributed by atoms with Gasteiger partial charge in [-0.05, 0) is 18.0 Å². The first kappa shape index (κ1) is 18.7.